The summed E-state index contributed by atoms with van der Waals surface area (Å²) in [6, 6.07) is 7.82. The molecule has 1 N–H and O–H groups in total. The Morgan fingerprint density at radius 3 is 2.65 bits per heavy atom. The fraction of sp³-hybridized carbons (Fsp3) is 0.333. The molecule has 0 aliphatic carbocycles. The van der Waals surface area contributed by atoms with Gasteiger partial charge in [0.25, 0.3) is 5.56 Å². The molecule has 20 heavy (non-hydrogen) atoms. The van der Waals surface area contributed by atoms with Crippen molar-refractivity contribution in [1.29, 1.82) is 0 Å². The third-order valence-corrected chi connectivity index (χ3v) is 3.30. The minimum Gasteiger partial charge on any atom is -0.365 e. The number of anilines is 1. The average molecular weight is 292 g/mol. The van der Waals surface area contributed by atoms with Crippen LogP contribution in [-0.2, 0) is 6.42 Å². The number of nitrogens with one attached hydrogen (secondary N) is 1. The van der Waals surface area contributed by atoms with Crippen molar-refractivity contribution in [3.63, 3.8) is 0 Å². The minimum atomic E-state index is -0.0846. The van der Waals surface area contributed by atoms with Crippen LogP contribution in [0.5, 0.6) is 0 Å². The van der Waals surface area contributed by atoms with Gasteiger partial charge in [0, 0.05) is 30.0 Å². The Kier molecular flexibility index (Phi) is 4.79. The van der Waals surface area contributed by atoms with Gasteiger partial charge < -0.3 is 9.88 Å². The second kappa shape index (κ2) is 6.57. The summed E-state index contributed by atoms with van der Waals surface area (Å²) in [5, 5.41) is 3.82. The van der Waals surface area contributed by atoms with E-state index in [9.17, 15) is 4.79 Å². The van der Waals surface area contributed by atoms with Crippen LogP contribution in [0.4, 0.5) is 5.82 Å². The highest BCUT2D eigenvalue weighted by atomic mass is 35.5. The summed E-state index contributed by atoms with van der Waals surface area (Å²) < 4.78 is 1.66. The molecule has 0 aliphatic rings. The molecule has 0 atom stereocenters. The first-order valence-corrected chi connectivity index (χ1v) is 7.01. The molecule has 0 spiro atoms. The summed E-state index contributed by atoms with van der Waals surface area (Å²) in [4.78, 5) is 16.2. The van der Waals surface area contributed by atoms with E-state index in [1.165, 1.54) is 5.56 Å². The molecule has 0 unspecified atom stereocenters. The molecule has 0 fully saturated rings. The number of rotatable bonds is 5. The number of benzene rings is 1. The first-order valence-electron chi connectivity index (χ1n) is 6.63. The maximum absolute atomic E-state index is 12.1. The molecule has 5 heteroatoms. The molecular formula is C15H18ClN3O. The molecule has 1 heterocycles. The van der Waals surface area contributed by atoms with Crippen LogP contribution in [0.15, 0.2) is 41.5 Å². The minimum absolute atomic E-state index is 0.0846. The van der Waals surface area contributed by atoms with E-state index >= 15 is 0 Å². The van der Waals surface area contributed by atoms with Crippen LogP contribution < -0.4 is 10.9 Å². The molecule has 2 rings (SSSR count). The van der Waals surface area contributed by atoms with Crippen LogP contribution >= 0.6 is 11.6 Å². The van der Waals surface area contributed by atoms with E-state index in [4.69, 9.17) is 11.6 Å². The van der Waals surface area contributed by atoms with Gasteiger partial charge in [0.05, 0.1) is 0 Å². The van der Waals surface area contributed by atoms with Gasteiger partial charge in [0.15, 0.2) is 5.82 Å². The van der Waals surface area contributed by atoms with Crippen molar-refractivity contribution in [1.82, 2.24) is 9.55 Å². The lowest BCUT2D eigenvalue weighted by molar-refractivity contribution is 0.575. The van der Waals surface area contributed by atoms with Crippen LogP contribution in [-0.4, -0.2) is 16.1 Å². The zero-order valence-electron chi connectivity index (χ0n) is 11.6. The van der Waals surface area contributed by atoms with E-state index in [1.54, 1.807) is 17.0 Å². The standard InChI is InChI=1S/C15H18ClN3O/c1-11(2)19-10-9-18-14(15(19)20)17-8-7-12-3-5-13(16)6-4-12/h3-6,9-11H,7-8H2,1-2H3,(H,17,18). The summed E-state index contributed by atoms with van der Waals surface area (Å²) in [5.41, 5.74) is 1.08. The number of hydrogen-bond donors (Lipinski definition) is 1. The van der Waals surface area contributed by atoms with Crippen molar-refractivity contribution < 1.29 is 0 Å². The van der Waals surface area contributed by atoms with E-state index in [-0.39, 0.29) is 11.6 Å². The Morgan fingerprint density at radius 2 is 2.00 bits per heavy atom. The fourth-order valence-electron chi connectivity index (χ4n) is 1.93. The van der Waals surface area contributed by atoms with Crippen LogP contribution in [0.2, 0.25) is 5.02 Å². The summed E-state index contributed by atoms with van der Waals surface area (Å²) in [7, 11) is 0. The lowest BCUT2D eigenvalue weighted by Gasteiger charge is -2.11. The predicted octanol–water partition coefficient (Wildman–Crippen LogP) is 3.13. The molecule has 0 bridgehead atoms. The first kappa shape index (κ1) is 14.6. The van der Waals surface area contributed by atoms with Gasteiger partial charge in [0.1, 0.15) is 0 Å². The average Bonchev–Trinajstić information content (AvgIpc) is 2.42. The Bertz CT molecular complexity index is 620. The van der Waals surface area contributed by atoms with E-state index in [2.05, 4.69) is 10.3 Å². The Labute approximate surface area is 123 Å². The van der Waals surface area contributed by atoms with Crippen molar-refractivity contribution in [3.8, 4) is 0 Å². The summed E-state index contributed by atoms with van der Waals surface area (Å²) in [6.07, 6.45) is 4.16. The predicted molar refractivity (Wildman–Crippen MR) is 82.5 cm³/mol. The molecule has 0 radical (unpaired) electrons. The zero-order valence-corrected chi connectivity index (χ0v) is 12.4. The monoisotopic (exact) mass is 291 g/mol. The van der Waals surface area contributed by atoms with E-state index in [0.717, 1.165) is 11.4 Å². The zero-order chi connectivity index (χ0) is 14.5. The smallest absolute Gasteiger partial charge is 0.293 e. The molecule has 0 aliphatic heterocycles. The van der Waals surface area contributed by atoms with Crippen molar-refractivity contribution in [3.05, 3.63) is 57.6 Å². The van der Waals surface area contributed by atoms with Crippen molar-refractivity contribution in [2.75, 3.05) is 11.9 Å². The van der Waals surface area contributed by atoms with Crippen LogP contribution in [0.1, 0.15) is 25.5 Å². The van der Waals surface area contributed by atoms with E-state index in [0.29, 0.717) is 12.4 Å². The van der Waals surface area contributed by atoms with Gasteiger partial charge in [-0.15, -0.1) is 0 Å². The third-order valence-electron chi connectivity index (χ3n) is 3.04. The summed E-state index contributed by atoms with van der Waals surface area (Å²) >= 11 is 5.84. The maximum Gasteiger partial charge on any atom is 0.293 e. The van der Waals surface area contributed by atoms with Crippen molar-refractivity contribution in [2.45, 2.75) is 26.3 Å². The number of halogens is 1. The molecule has 106 valence electrons. The molecule has 1 aromatic heterocycles. The molecule has 0 saturated carbocycles. The quantitative estimate of drug-likeness (QED) is 0.920. The van der Waals surface area contributed by atoms with Gasteiger partial charge in [0.2, 0.25) is 0 Å². The topological polar surface area (TPSA) is 46.9 Å². The number of hydrogen-bond acceptors (Lipinski definition) is 3. The van der Waals surface area contributed by atoms with Crippen LogP contribution in [0.3, 0.4) is 0 Å². The Balaban J connectivity index is 1.99. The second-order valence-corrected chi connectivity index (χ2v) is 5.32. The second-order valence-electron chi connectivity index (χ2n) is 4.89. The fourth-order valence-corrected chi connectivity index (χ4v) is 2.06. The van der Waals surface area contributed by atoms with Gasteiger partial charge in [-0.05, 0) is 38.0 Å². The lowest BCUT2D eigenvalue weighted by Crippen LogP contribution is -2.26. The Morgan fingerprint density at radius 1 is 1.30 bits per heavy atom. The lowest BCUT2D eigenvalue weighted by atomic mass is 10.1. The molecule has 1 aromatic carbocycles. The largest absolute Gasteiger partial charge is 0.365 e. The summed E-state index contributed by atoms with van der Waals surface area (Å²) in [5.74, 6) is 0.398. The van der Waals surface area contributed by atoms with Crippen LogP contribution in [0, 0.1) is 0 Å². The highest BCUT2D eigenvalue weighted by molar-refractivity contribution is 6.30. The number of nitrogens with zero attached hydrogens (tertiary/aromatic N) is 2. The first-order chi connectivity index (χ1) is 9.58. The van der Waals surface area contributed by atoms with E-state index in [1.807, 2.05) is 38.1 Å². The molecule has 0 amide bonds. The highest BCUT2D eigenvalue weighted by Gasteiger charge is 2.06. The van der Waals surface area contributed by atoms with Gasteiger partial charge in [-0.3, -0.25) is 4.79 Å². The highest BCUT2D eigenvalue weighted by Crippen LogP contribution is 2.10. The van der Waals surface area contributed by atoms with Crippen LogP contribution in [0.25, 0.3) is 0 Å². The molecular weight excluding hydrogens is 274 g/mol. The maximum atomic E-state index is 12.1. The molecule has 2 aromatic rings. The van der Waals surface area contributed by atoms with Gasteiger partial charge >= 0.3 is 0 Å². The van der Waals surface area contributed by atoms with Gasteiger partial charge in [-0.1, -0.05) is 23.7 Å². The van der Waals surface area contributed by atoms with Gasteiger partial charge in [-0.2, -0.15) is 0 Å². The SMILES string of the molecule is CC(C)n1ccnc(NCCc2ccc(Cl)cc2)c1=O. The number of aromatic nitrogens is 2. The Hall–Kier alpha value is -1.81. The normalized spacial score (nSPS) is 10.8. The van der Waals surface area contributed by atoms with E-state index < -0.39 is 0 Å². The third kappa shape index (κ3) is 3.61. The molecule has 4 nitrogen and oxygen atoms in total. The van der Waals surface area contributed by atoms with Gasteiger partial charge in [-0.25, -0.2) is 4.98 Å². The summed E-state index contributed by atoms with van der Waals surface area (Å²) in [6.45, 7) is 4.60. The van der Waals surface area contributed by atoms with Crippen molar-refractivity contribution >= 4 is 17.4 Å². The van der Waals surface area contributed by atoms with Crippen molar-refractivity contribution in [2.24, 2.45) is 0 Å². The molecule has 0 saturated heterocycles.